The Morgan fingerprint density at radius 2 is 2.12 bits per heavy atom. The number of carbonyl (C=O) groups excluding carboxylic acids is 2. The molecule has 2 N–H and O–H groups in total. The van der Waals surface area contributed by atoms with Crippen LogP contribution in [0, 0.1) is 5.82 Å². The molecule has 2 amide bonds. The number of nitrogens with one attached hydrogen (secondary N) is 2. The van der Waals surface area contributed by atoms with Gasteiger partial charge in [-0.1, -0.05) is 6.07 Å². The summed E-state index contributed by atoms with van der Waals surface area (Å²) in [6.45, 7) is 2.21. The molecule has 1 heterocycles. The molecule has 1 aromatic heterocycles. The molecule has 0 saturated heterocycles. The largest absolute Gasteiger partial charge is 0.494 e. The molecule has 25 heavy (non-hydrogen) atoms. The Kier molecular flexibility index (Phi) is 6.94. The summed E-state index contributed by atoms with van der Waals surface area (Å²) in [5, 5.41) is 9.20. The second kappa shape index (κ2) is 9.17. The van der Waals surface area contributed by atoms with Gasteiger partial charge in [-0.2, -0.15) is 11.3 Å². The minimum absolute atomic E-state index is 0.135. The maximum atomic E-state index is 13.7. The summed E-state index contributed by atoms with van der Waals surface area (Å²) in [5.74, 6) is -0.571. The van der Waals surface area contributed by atoms with Crippen molar-refractivity contribution < 1.29 is 18.7 Å². The van der Waals surface area contributed by atoms with Crippen molar-refractivity contribution in [1.29, 1.82) is 0 Å². The number of halogens is 1. The Morgan fingerprint density at radius 1 is 1.32 bits per heavy atom. The van der Waals surface area contributed by atoms with Crippen molar-refractivity contribution in [2.24, 2.45) is 0 Å². The lowest BCUT2D eigenvalue weighted by Gasteiger charge is -2.15. The second-order valence-electron chi connectivity index (χ2n) is 5.55. The number of carbonyl (C=O) groups is 2. The minimum atomic E-state index is -0.461. The highest BCUT2D eigenvalue weighted by molar-refractivity contribution is 7.08. The van der Waals surface area contributed by atoms with E-state index in [4.69, 9.17) is 4.74 Å². The molecule has 0 unspecified atom stereocenters. The first-order valence-electron chi connectivity index (χ1n) is 7.94. The molecular weight excluding hydrogens is 343 g/mol. The smallest absolute Gasteiger partial charge is 0.252 e. The molecule has 1 atom stereocenters. The summed E-state index contributed by atoms with van der Waals surface area (Å²) in [5.41, 5.74) is 1.29. The van der Waals surface area contributed by atoms with Gasteiger partial charge in [-0.15, -0.1) is 0 Å². The molecule has 2 aromatic rings. The van der Waals surface area contributed by atoms with Crippen LogP contribution in [0.5, 0.6) is 5.75 Å². The van der Waals surface area contributed by atoms with Gasteiger partial charge in [0.05, 0.1) is 13.2 Å². The topological polar surface area (TPSA) is 67.4 Å². The number of amides is 2. The second-order valence-corrected chi connectivity index (χ2v) is 6.33. The van der Waals surface area contributed by atoms with Crippen LogP contribution in [0.3, 0.4) is 0 Å². The van der Waals surface area contributed by atoms with Crippen LogP contribution < -0.4 is 15.4 Å². The van der Waals surface area contributed by atoms with Crippen LogP contribution in [0.4, 0.5) is 4.39 Å². The van der Waals surface area contributed by atoms with E-state index in [1.165, 1.54) is 30.6 Å². The number of hydrogen-bond acceptors (Lipinski definition) is 4. The third-order valence-corrected chi connectivity index (χ3v) is 4.39. The minimum Gasteiger partial charge on any atom is -0.494 e. The Hall–Kier alpha value is -2.41. The Balaban J connectivity index is 1.72. The van der Waals surface area contributed by atoms with Gasteiger partial charge in [0, 0.05) is 23.9 Å². The zero-order chi connectivity index (χ0) is 18.2. The van der Waals surface area contributed by atoms with Gasteiger partial charge in [-0.3, -0.25) is 9.59 Å². The maximum absolute atomic E-state index is 13.7. The standard InChI is InChI=1S/C18H21FN2O3S/c1-12(13-5-6-16(24-2)15(19)10-13)21-17(22)4-3-8-20-18(23)14-7-9-25-11-14/h5-7,9-12H,3-4,8H2,1-2H3,(H,20,23)(H,21,22)/t12-/m1/s1. The van der Waals surface area contributed by atoms with Gasteiger partial charge in [-0.05, 0) is 42.5 Å². The predicted molar refractivity (Wildman–Crippen MR) is 95.4 cm³/mol. The first-order chi connectivity index (χ1) is 12.0. The van der Waals surface area contributed by atoms with Gasteiger partial charge in [0.1, 0.15) is 0 Å². The summed E-state index contributed by atoms with van der Waals surface area (Å²) < 4.78 is 18.6. The molecule has 0 aliphatic rings. The van der Waals surface area contributed by atoms with Crippen LogP contribution >= 0.6 is 11.3 Å². The molecule has 0 spiro atoms. The number of methoxy groups -OCH3 is 1. The molecule has 0 radical (unpaired) electrons. The highest BCUT2D eigenvalue weighted by atomic mass is 32.1. The molecule has 2 rings (SSSR count). The van der Waals surface area contributed by atoms with Crippen LogP contribution in [0.15, 0.2) is 35.0 Å². The van der Waals surface area contributed by atoms with Gasteiger partial charge in [0.2, 0.25) is 5.91 Å². The van der Waals surface area contributed by atoms with Crippen molar-refractivity contribution in [3.8, 4) is 5.75 Å². The van der Waals surface area contributed by atoms with Gasteiger partial charge < -0.3 is 15.4 Å². The third-order valence-electron chi connectivity index (χ3n) is 3.70. The summed E-state index contributed by atoms with van der Waals surface area (Å²) in [6.07, 6.45) is 0.818. The van der Waals surface area contributed by atoms with Gasteiger partial charge in [0.25, 0.3) is 5.91 Å². The van der Waals surface area contributed by atoms with Crippen molar-refractivity contribution >= 4 is 23.2 Å². The van der Waals surface area contributed by atoms with Crippen LogP contribution in [0.1, 0.15) is 41.7 Å². The Labute approximate surface area is 150 Å². The van der Waals surface area contributed by atoms with E-state index in [0.29, 0.717) is 24.1 Å². The summed E-state index contributed by atoms with van der Waals surface area (Å²) >= 11 is 1.46. The molecule has 0 saturated carbocycles. The molecule has 7 heteroatoms. The molecule has 1 aromatic carbocycles. The monoisotopic (exact) mass is 364 g/mol. The van der Waals surface area contributed by atoms with E-state index in [0.717, 1.165) is 0 Å². The summed E-state index contributed by atoms with van der Waals surface area (Å²) in [4.78, 5) is 23.7. The molecule has 134 valence electrons. The normalized spacial score (nSPS) is 11.6. The Morgan fingerprint density at radius 3 is 2.76 bits per heavy atom. The molecule has 0 aliphatic carbocycles. The van der Waals surface area contributed by atoms with Crippen LogP contribution in [0.2, 0.25) is 0 Å². The summed E-state index contributed by atoms with van der Waals surface area (Å²) in [6, 6.07) is 6.04. The van der Waals surface area contributed by atoms with Crippen molar-refractivity contribution in [3.05, 3.63) is 52.0 Å². The van der Waals surface area contributed by atoms with Gasteiger partial charge in [-0.25, -0.2) is 4.39 Å². The lowest BCUT2D eigenvalue weighted by Crippen LogP contribution is -2.29. The van der Waals surface area contributed by atoms with E-state index in [-0.39, 0.29) is 30.0 Å². The van der Waals surface area contributed by atoms with Crippen LogP contribution in [-0.4, -0.2) is 25.5 Å². The van der Waals surface area contributed by atoms with Crippen LogP contribution in [0.25, 0.3) is 0 Å². The van der Waals surface area contributed by atoms with Crippen molar-refractivity contribution in [1.82, 2.24) is 10.6 Å². The number of benzene rings is 1. The number of hydrogen-bond donors (Lipinski definition) is 2. The molecule has 5 nitrogen and oxygen atoms in total. The van der Waals surface area contributed by atoms with Crippen LogP contribution in [-0.2, 0) is 4.79 Å². The molecule has 0 aliphatic heterocycles. The van der Waals surface area contributed by atoms with E-state index in [1.807, 2.05) is 5.38 Å². The summed E-state index contributed by atoms with van der Waals surface area (Å²) in [7, 11) is 1.40. The van der Waals surface area contributed by atoms with E-state index < -0.39 is 5.82 Å². The number of thiophene rings is 1. The van der Waals surface area contributed by atoms with Crippen molar-refractivity contribution in [2.75, 3.05) is 13.7 Å². The first-order valence-corrected chi connectivity index (χ1v) is 8.88. The Bertz CT molecular complexity index is 719. The average molecular weight is 364 g/mol. The predicted octanol–water partition coefficient (Wildman–Crippen LogP) is 3.28. The highest BCUT2D eigenvalue weighted by Crippen LogP contribution is 2.21. The lowest BCUT2D eigenvalue weighted by molar-refractivity contribution is -0.121. The fourth-order valence-corrected chi connectivity index (χ4v) is 2.93. The fraction of sp³-hybridized carbons (Fsp3) is 0.333. The van der Waals surface area contributed by atoms with E-state index in [2.05, 4.69) is 10.6 Å². The highest BCUT2D eigenvalue weighted by Gasteiger charge is 2.12. The third kappa shape index (κ3) is 5.56. The van der Waals surface area contributed by atoms with Crippen molar-refractivity contribution in [2.45, 2.75) is 25.8 Å². The first kappa shape index (κ1) is 18.9. The number of ether oxygens (including phenoxy) is 1. The van der Waals surface area contributed by atoms with E-state index in [9.17, 15) is 14.0 Å². The SMILES string of the molecule is COc1ccc([C@@H](C)NC(=O)CCCNC(=O)c2ccsc2)cc1F. The molecule has 0 fully saturated rings. The van der Waals surface area contributed by atoms with Gasteiger partial charge in [0.15, 0.2) is 11.6 Å². The molecular formula is C18H21FN2O3S. The quantitative estimate of drug-likeness (QED) is 0.707. The lowest BCUT2D eigenvalue weighted by atomic mass is 10.1. The average Bonchev–Trinajstić information content (AvgIpc) is 3.13. The van der Waals surface area contributed by atoms with Crippen molar-refractivity contribution in [3.63, 3.8) is 0 Å². The zero-order valence-electron chi connectivity index (χ0n) is 14.2. The maximum Gasteiger partial charge on any atom is 0.252 e. The number of rotatable bonds is 8. The van der Waals surface area contributed by atoms with E-state index >= 15 is 0 Å². The van der Waals surface area contributed by atoms with Gasteiger partial charge >= 0.3 is 0 Å². The zero-order valence-corrected chi connectivity index (χ0v) is 15.0. The molecule has 0 bridgehead atoms. The van der Waals surface area contributed by atoms with E-state index in [1.54, 1.807) is 24.4 Å². The fourth-order valence-electron chi connectivity index (χ4n) is 2.30.